The Bertz CT molecular complexity index is 1420. The van der Waals surface area contributed by atoms with Crippen molar-refractivity contribution in [3.8, 4) is 0 Å². The van der Waals surface area contributed by atoms with Crippen LogP contribution < -0.4 is 9.62 Å². The highest BCUT2D eigenvalue weighted by atomic mass is 35.5. The summed E-state index contributed by atoms with van der Waals surface area (Å²) in [5, 5.41) is 3.70. The number of rotatable bonds is 13. The van der Waals surface area contributed by atoms with Gasteiger partial charge in [-0.3, -0.25) is 13.9 Å². The second-order valence-electron chi connectivity index (χ2n) is 9.10. The van der Waals surface area contributed by atoms with Gasteiger partial charge in [0.05, 0.1) is 20.6 Å². The molecule has 11 heteroatoms. The van der Waals surface area contributed by atoms with Gasteiger partial charge in [0.1, 0.15) is 12.6 Å². The molecule has 0 radical (unpaired) electrons. The number of nitrogens with one attached hydrogen (secondary N) is 1. The second kappa shape index (κ2) is 14.7. The predicted octanol–water partition coefficient (Wildman–Crippen LogP) is 6.57. The molecule has 40 heavy (non-hydrogen) atoms. The molecule has 214 valence electrons. The van der Waals surface area contributed by atoms with Gasteiger partial charge in [0.2, 0.25) is 11.8 Å². The third kappa shape index (κ3) is 7.91. The summed E-state index contributed by atoms with van der Waals surface area (Å²) in [5.41, 5.74) is 0.786. The summed E-state index contributed by atoms with van der Waals surface area (Å²) < 4.78 is 28.6. The molecule has 3 rings (SSSR count). The van der Waals surface area contributed by atoms with Crippen LogP contribution in [0.3, 0.4) is 0 Å². The molecule has 3 aromatic carbocycles. The zero-order chi connectivity index (χ0) is 29.3. The van der Waals surface area contributed by atoms with E-state index in [4.69, 9.17) is 34.8 Å². The molecule has 0 aliphatic heterocycles. The van der Waals surface area contributed by atoms with Crippen LogP contribution in [-0.4, -0.2) is 44.3 Å². The van der Waals surface area contributed by atoms with Gasteiger partial charge in [0.15, 0.2) is 0 Å². The molecule has 2 amide bonds. The summed E-state index contributed by atoms with van der Waals surface area (Å²) >= 11 is 18.7. The lowest BCUT2D eigenvalue weighted by molar-refractivity contribution is -0.140. The maximum absolute atomic E-state index is 14.0. The van der Waals surface area contributed by atoms with Crippen molar-refractivity contribution in [3.05, 3.63) is 93.4 Å². The lowest BCUT2D eigenvalue weighted by Gasteiger charge is -2.33. The summed E-state index contributed by atoms with van der Waals surface area (Å²) in [4.78, 5) is 28.6. The highest BCUT2D eigenvalue weighted by Gasteiger charge is 2.34. The maximum atomic E-state index is 14.0. The van der Waals surface area contributed by atoms with Gasteiger partial charge >= 0.3 is 0 Å². The van der Waals surface area contributed by atoms with Crippen molar-refractivity contribution in [2.75, 3.05) is 17.4 Å². The minimum atomic E-state index is -4.21. The van der Waals surface area contributed by atoms with Crippen LogP contribution in [0.2, 0.25) is 15.1 Å². The average Bonchev–Trinajstić information content (AvgIpc) is 2.94. The highest BCUT2D eigenvalue weighted by molar-refractivity contribution is 7.92. The molecular weight excluding hydrogens is 593 g/mol. The van der Waals surface area contributed by atoms with E-state index in [2.05, 4.69) is 5.32 Å². The summed E-state index contributed by atoms with van der Waals surface area (Å²) in [5.74, 6) is -0.897. The fourth-order valence-electron chi connectivity index (χ4n) is 4.12. The topological polar surface area (TPSA) is 86.8 Å². The molecule has 0 aliphatic rings. The number of hydrogen-bond donors (Lipinski definition) is 1. The number of halogens is 3. The number of carbonyl (C=O) groups excluding carboxylic acids is 2. The summed E-state index contributed by atoms with van der Waals surface area (Å²) in [6.45, 7) is 3.71. The van der Waals surface area contributed by atoms with Crippen LogP contribution in [0.4, 0.5) is 5.69 Å². The molecule has 1 atom stereocenters. The number of unbranched alkanes of at least 4 members (excludes halogenated alkanes) is 1. The van der Waals surface area contributed by atoms with Crippen LogP contribution in [0.25, 0.3) is 0 Å². The number of sulfonamides is 1. The molecule has 0 aliphatic carbocycles. The normalized spacial score (nSPS) is 12.0. The first-order chi connectivity index (χ1) is 19.1. The first-order valence-electron chi connectivity index (χ1n) is 12.9. The van der Waals surface area contributed by atoms with Crippen LogP contribution in [0.15, 0.2) is 77.7 Å². The summed E-state index contributed by atoms with van der Waals surface area (Å²) in [7, 11) is -4.21. The third-order valence-corrected chi connectivity index (χ3v) is 9.21. The van der Waals surface area contributed by atoms with Crippen LogP contribution in [0.1, 0.15) is 38.7 Å². The zero-order valence-electron chi connectivity index (χ0n) is 22.3. The van der Waals surface area contributed by atoms with Crippen LogP contribution in [-0.2, 0) is 26.2 Å². The SMILES string of the molecule is CCCCNC(=O)[C@H](CC)N(Cc1ccccc1Cl)C(=O)CN(c1ccc(Cl)c(Cl)c1)S(=O)(=O)c1ccccc1. The molecular formula is C29H32Cl3N3O4S. The van der Waals surface area contributed by atoms with Gasteiger partial charge < -0.3 is 10.2 Å². The first kappa shape index (κ1) is 31.7. The van der Waals surface area contributed by atoms with Crippen LogP contribution in [0.5, 0.6) is 0 Å². The van der Waals surface area contributed by atoms with E-state index >= 15 is 0 Å². The number of benzene rings is 3. The van der Waals surface area contributed by atoms with Crippen LogP contribution >= 0.6 is 34.8 Å². The Morgan fingerprint density at radius 2 is 1.55 bits per heavy atom. The molecule has 0 fully saturated rings. The van der Waals surface area contributed by atoms with Gasteiger partial charge in [-0.05, 0) is 54.8 Å². The first-order valence-corrected chi connectivity index (χ1v) is 15.5. The lowest BCUT2D eigenvalue weighted by atomic mass is 10.1. The van der Waals surface area contributed by atoms with Crippen molar-refractivity contribution < 1.29 is 18.0 Å². The van der Waals surface area contributed by atoms with E-state index in [1.54, 1.807) is 49.4 Å². The van der Waals surface area contributed by atoms with Gasteiger partial charge in [-0.1, -0.05) is 91.5 Å². The van der Waals surface area contributed by atoms with E-state index < -0.39 is 28.5 Å². The van der Waals surface area contributed by atoms with E-state index in [1.165, 1.54) is 35.2 Å². The quantitative estimate of drug-likeness (QED) is 0.218. The highest BCUT2D eigenvalue weighted by Crippen LogP contribution is 2.31. The summed E-state index contributed by atoms with van der Waals surface area (Å²) in [6.07, 6.45) is 2.00. The maximum Gasteiger partial charge on any atom is 0.264 e. The van der Waals surface area contributed by atoms with E-state index in [0.29, 0.717) is 23.6 Å². The molecule has 3 aromatic rings. The minimum absolute atomic E-state index is 0.00382. The number of hydrogen-bond acceptors (Lipinski definition) is 4. The van der Waals surface area contributed by atoms with Crippen molar-refractivity contribution in [2.24, 2.45) is 0 Å². The molecule has 0 spiro atoms. The van der Waals surface area contributed by atoms with E-state index in [9.17, 15) is 18.0 Å². The molecule has 0 aromatic heterocycles. The number of nitrogens with zero attached hydrogens (tertiary/aromatic N) is 2. The van der Waals surface area contributed by atoms with Crippen molar-refractivity contribution in [1.82, 2.24) is 10.2 Å². The molecule has 0 saturated carbocycles. The number of amides is 2. The molecule has 0 bridgehead atoms. The van der Waals surface area contributed by atoms with E-state index in [0.717, 1.165) is 17.1 Å². The van der Waals surface area contributed by atoms with Crippen molar-refractivity contribution in [2.45, 2.75) is 50.6 Å². The Morgan fingerprint density at radius 3 is 2.17 bits per heavy atom. The smallest absolute Gasteiger partial charge is 0.264 e. The van der Waals surface area contributed by atoms with Gasteiger partial charge in [0, 0.05) is 18.1 Å². The van der Waals surface area contributed by atoms with Gasteiger partial charge in [-0.25, -0.2) is 8.42 Å². The molecule has 0 unspecified atom stereocenters. The minimum Gasteiger partial charge on any atom is -0.354 e. The Hall–Kier alpha value is -2.78. The fraction of sp³-hybridized carbons (Fsp3) is 0.310. The molecule has 7 nitrogen and oxygen atoms in total. The fourth-order valence-corrected chi connectivity index (χ4v) is 6.04. The third-order valence-electron chi connectivity index (χ3n) is 6.32. The largest absolute Gasteiger partial charge is 0.354 e. The number of carbonyl (C=O) groups is 2. The molecule has 0 heterocycles. The lowest BCUT2D eigenvalue weighted by Crippen LogP contribution is -2.52. The predicted molar refractivity (Wildman–Crippen MR) is 161 cm³/mol. The van der Waals surface area contributed by atoms with E-state index in [1.807, 2.05) is 6.92 Å². The second-order valence-corrected chi connectivity index (χ2v) is 12.2. The molecule has 0 saturated heterocycles. The average molecular weight is 625 g/mol. The van der Waals surface area contributed by atoms with Crippen molar-refractivity contribution in [1.29, 1.82) is 0 Å². The zero-order valence-corrected chi connectivity index (χ0v) is 25.4. The Kier molecular flexibility index (Phi) is 11.7. The van der Waals surface area contributed by atoms with Crippen LogP contribution in [0, 0.1) is 0 Å². The Balaban J connectivity index is 2.06. The molecule has 1 N–H and O–H groups in total. The van der Waals surface area contributed by atoms with Gasteiger partial charge in [0.25, 0.3) is 10.0 Å². The monoisotopic (exact) mass is 623 g/mol. The van der Waals surface area contributed by atoms with Gasteiger partial charge in [-0.2, -0.15) is 0 Å². The van der Waals surface area contributed by atoms with Crippen molar-refractivity contribution >= 4 is 62.3 Å². The Labute approximate surface area is 251 Å². The van der Waals surface area contributed by atoms with Gasteiger partial charge in [-0.15, -0.1) is 0 Å². The summed E-state index contributed by atoms with van der Waals surface area (Å²) in [6, 6.07) is 18.3. The van der Waals surface area contributed by atoms with Crippen molar-refractivity contribution in [3.63, 3.8) is 0 Å². The van der Waals surface area contributed by atoms with E-state index in [-0.39, 0.29) is 33.1 Å². The standard InChI is InChI=1S/C29H32Cl3N3O4S/c1-3-5-17-33-29(37)27(4-2)34(19-21-11-9-10-14-24(21)30)28(36)20-35(22-15-16-25(31)26(32)18-22)40(38,39)23-12-7-6-8-13-23/h6-16,18,27H,3-5,17,19-20H2,1-2H3,(H,33,37)/t27-/m0/s1. The Morgan fingerprint density at radius 1 is 0.875 bits per heavy atom. The number of anilines is 1.